The van der Waals surface area contributed by atoms with Crippen molar-refractivity contribution in [2.24, 2.45) is 5.10 Å². The van der Waals surface area contributed by atoms with E-state index in [9.17, 15) is 0 Å². The number of rotatable bonds is 11. The molecule has 1 heterocycles. The van der Waals surface area contributed by atoms with Gasteiger partial charge < -0.3 is 11.1 Å². The first-order chi connectivity index (χ1) is 15.6. The van der Waals surface area contributed by atoms with Crippen molar-refractivity contribution in [3.8, 4) is 0 Å². The average Bonchev–Trinajstić information content (AvgIpc) is 2.80. The van der Waals surface area contributed by atoms with Crippen molar-refractivity contribution in [3.05, 3.63) is 101 Å². The van der Waals surface area contributed by atoms with E-state index in [1.807, 2.05) is 31.2 Å². The Hall–Kier alpha value is -3.60. The van der Waals surface area contributed by atoms with Crippen LogP contribution in [0, 0.1) is 6.92 Å². The highest BCUT2D eigenvalue weighted by Crippen LogP contribution is 2.22. The number of benzene rings is 2. The minimum Gasteiger partial charge on any atom is -0.399 e. The molecule has 1 aromatic heterocycles. The Morgan fingerprint density at radius 2 is 1.81 bits per heavy atom. The summed E-state index contributed by atoms with van der Waals surface area (Å²) >= 11 is 0. The van der Waals surface area contributed by atoms with Gasteiger partial charge in [-0.3, -0.25) is 5.43 Å². The number of anilines is 2. The van der Waals surface area contributed by atoms with Crippen LogP contribution in [0.2, 0.25) is 0 Å². The van der Waals surface area contributed by atoms with Gasteiger partial charge in [0.25, 0.3) is 0 Å². The molecule has 3 aromatic rings. The third kappa shape index (κ3) is 6.20. The van der Waals surface area contributed by atoms with E-state index in [-0.39, 0.29) is 0 Å². The summed E-state index contributed by atoms with van der Waals surface area (Å²) in [6.07, 6.45) is 5.94. The van der Waals surface area contributed by atoms with Crippen molar-refractivity contribution in [3.63, 3.8) is 0 Å². The van der Waals surface area contributed by atoms with E-state index in [1.165, 1.54) is 24.0 Å². The highest BCUT2D eigenvalue weighted by Gasteiger charge is 2.15. The predicted molar refractivity (Wildman–Crippen MR) is 136 cm³/mol. The Kier molecular flexibility index (Phi) is 8.44. The Morgan fingerprint density at radius 1 is 1.03 bits per heavy atom. The molecule has 0 aliphatic rings. The van der Waals surface area contributed by atoms with Crippen LogP contribution in [0.15, 0.2) is 78.5 Å². The lowest BCUT2D eigenvalue weighted by atomic mass is 9.93. The maximum Gasteiger partial charge on any atom is 0.126 e. The van der Waals surface area contributed by atoms with Gasteiger partial charge >= 0.3 is 0 Å². The number of hydrogen-bond acceptors (Lipinski definition) is 5. The number of pyridine rings is 1. The number of aromatic nitrogens is 1. The lowest BCUT2D eigenvalue weighted by molar-refractivity contribution is 0.742. The highest BCUT2D eigenvalue weighted by atomic mass is 15.3. The van der Waals surface area contributed by atoms with Gasteiger partial charge in [-0.05, 0) is 55.2 Å². The molecular weight excluding hydrogens is 394 g/mol. The molecule has 5 heteroatoms. The van der Waals surface area contributed by atoms with Crippen LogP contribution in [0.5, 0.6) is 0 Å². The number of aryl methyl sites for hydroxylation is 1. The number of nitrogens with two attached hydrogens (primary N) is 1. The third-order valence-electron chi connectivity index (χ3n) is 5.34. The third-order valence-corrected chi connectivity index (χ3v) is 5.34. The molecule has 166 valence electrons. The molecule has 0 saturated carbocycles. The van der Waals surface area contributed by atoms with E-state index >= 15 is 0 Å². The summed E-state index contributed by atoms with van der Waals surface area (Å²) in [6, 6.07) is 20.5. The Labute approximate surface area is 191 Å². The van der Waals surface area contributed by atoms with Crippen molar-refractivity contribution in [1.82, 2.24) is 10.4 Å². The maximum absolute atomic E-state index is 5.85. The van der Waals surface area contributed by atoms with E-state index in [1.54, 1.807) is 6.20 Å². The van der Waals surface area contributed by atoms with Crippen LogP contribution in [-0.2, 0) is 6.42 Å². The van der Waals surface area contributed by atoms with Gasteiger partial charge in [-0.25, -0.2) is 4.98 Å². The van der Waals surface area contributed by atoms with Crippen LogP contribution in [0.1, 0.15) is 54.1 Å². The Morgan fingerprint density at radius 3 is 2.53 bits per heavy atom. The number of unbranched alkanes of at least 4 members (excludes halogenated alkanes) is 2. The maximum atomic E-state index is 5.85. The second-order valence-electron chi connectivity index (χ2n) is 7.83. The van der Waals surface area contributed by atoms with E-state index in [0.717, 1.165) is 53.4 Å². The molecule has 0 aliphatic carbocycles. The van der Waals surface area contributed by atoms with Crippen LogP contribution < -0.4 is 16.5 Å². The summed E-state index contributed by atoms with van der Waals surface area (Å²) < 4.78 is 0. The number of nitrogens with one attached hydrogen (secondary N) is 2. The van der Waals surface area contributed by atoms with Gasteiger partial charge in [-0.1, -0.05) is 62.7 Å². The zero-order valence-electron chi connectivity index (χ0n) is 19.1. The largest absolute Gasteiger partial charge is 0.399 e. The molecule has 2 aromatic carbocycles. The summed E-state index contributed by atoms with van der Waals surface area (Å²) in [6.45, 7) is 8.92. The van der Waals surface area contributed by atoms with Gasteiger partial charge in [0.05, 0.1) is 5.71 Å². The molecular formula is C27H33N5. The minimum absolute atomic E-state index is 0.768. The standard InChI is InChI=1S/C27H33N5/c1-4-6-9-18-29-26-17-16-24(20(3)31-26)27(32-30-5-2)25-11-8-7-10-22(25)19-21-12-14-23(28)15-13-21/h5,7-8,10-17,30H,2,4,6,9,18-19,28H2,1,3H3,(H,29,31)/b32-27-. The fourth-order valence-corrected chi connectivity index (χ4v) is 3.64. The highest BCUT2D eigenvalue weighted by molar-refractivity contribution is 6.14. The SMILES string of the molecule is C=CN/N=C(\c1ccccc1Cc1ccc(N)cc1)c1ccc(NCCCCC)nc1C. The molecule has 0 unspecified atom stereocenters. The molecule has 5 nitrogen and oxygen atoms in total. The number of hydrogen-bond donors (Lipinski definition) is 3. The fraction of sp³-hybridized carbons (Fsp3) is 0.259. The topological polar surface area (TPSA) is 75.3 Å². The van der Waals surface area contributed by atoms with Crippen molar-refractivity contribution < 1.29 is 0 Å². The van der Waals surface area contributed by atoms with Crippen LogP contribution in [0.25, 0.3) is 0 Å². The summed E-state index contributed by atoms with van der Waals surface area (Å²) in [5, 5.41) is 8.07. The predicted octanol–water partition coefficient (Wildman–Crippen LogP) is 5.65. The average molecular weight is 428 g/mol. The number of hydrazone groups is 1. The van der Waals surface area contributed by atoms with Crippen molar-refractivity contribution in [1.29, 1.82) is 0 Å². The lowest BCUT2D eigenvalue weighted by Crippen LogP contribution is -2.14. The fourth-order valence-electron chi connectivity index (χ4n) is 3.64. The normalized spacial score (nSPS) is 11.2. The molecule has 4 N–H and O–H groups in total. The lowest BCUT2D eigenvalue weighted by Gasteiger charge is -2.15. The van der Waals surface area contributed by atoms with Gasteiger partial charge in [-0.2, -0.15) is 5.10 Å². The van der Waals surface area contributed by atoms with Crippen LogP contribution in [-0.4, -0.2) is 17.2 Å². The van der Waals surface area contributed by atoms with Crippen molar-refractivity contribution in [2.45, 2.75) is 39.5 Å². The summed E-state index contributed by atoms with van der Waals surface area (Å²) in [7, 11) is 0. The molecule has 0 spiro atoms. The molecule has 32 heavy (non-hydrogen) atoms. The monoisotopic (exact) mass is 427 g/mol. The number of nitrogens with zero attached hydrogens (tertiary/aromatic N) is 2. The van der Waals surface area contributed by atoms with E-state index < -0.39 is 0 Å². The minimum atomic E-state index is 0.768. The van der Waals surface area contributed by atoms with Gasteiger partial charge in [0.2, 0.25) is 0 Å². The smallest absolute Gasteiger partial charge is 0.126 e. The van der Waals surface area contributed by atoms with Gasteiger partial charge in [0, 0.05) is 35.3 Å². The van der Waals surface area contributed by atoms with E-state index in [2.05, 4.69) is 65.7 Å². The van der Waals surface area contributed by atoms with E-state index in [0.29, 0.717) is 0 Å². The first-order valence-corrected chi connectivity index (χ1v) is 11.2. The molecule has 0 saturated heterocycles. The second-order valence-corrected chi connectivity index (χ2v) is 7.83. The zero-order valence-corrected chi connectivity index (χ0v) is 19.1. The summed E-state index contributed by atoms with van der Waals surface area (Å²) in [4.78, 5) is 4.79. The van der Waals surface area contributed by atoms with Crippen molar-refractivity contribution >= 4 is 17.2 Å². The molecule has 0 radical (unpaired) electrons. The quantitative estimate of drug-likeness (QED) is 0.160. The molecule has 0 amide bonds. The molecule has 0 atom stereocenters. The van der Waals surface area contributed by atoms with Gasteiger partial charge in [-0.15, -0.1) is 0 Å². The first kappa shape index (κ1) is 23.1. The van der Waals surface area contributed by atoms with Gasteiger partial charge in [0.1, 0.15) is 5.82 Å². The molecule has 3 rings (SSSR count). The Balaban J connectivity index is 1.92. The van der Waals surface area contributed by atoms with Gasteiger partial charge in [0.15, 0.2) is 0 Å². The van der Waals surface area contributed by atoms with Crippen LogP contribution in [0.3, 0.4) is 0 Å². The Bertz CT molecular complexity index is 1050. The molecule has 0 fully saturated rings. The summed E-state index contributed by atoms with van der Waals surface area (Å²) in [5.41, 5.74) is 15.8. The van der Waals surface area contributed by atoms with Crippen molar-refractivity contribution in [2.75, 3.05) is 17.6 Å². The number of nitrogen functional groups attached to an aromatic ring is 1. The van der Waals surface area contributed by atoms with Crippen LogP contribution >= 0.6 is 0 Å². The molecule has 0 bridgehead atoms. The summed E-state index contributed by atoms with van der Waals surface area (Å²) in [5.74, 6) is 0.897. The van der Waals surface area contributed by atoms with E-state index in [4.69, 9.17) is 10.7 Å². The van der Waals surface area contributed by atoms with Crippen LogP contribution in [0.4, 0.5) is 11.5 Å². The molecule has 0 aliphatic heterocycles. The first-order valence-electron chi connectivity index (χ1n) is 11.2. The zero-order chi connectivity index (χ0) is 22.8. The second kappa shape index (κ2) is 11.7.